The summed E-state index contributed by atoms with van der Waals surface area (Å²) in [5.41, 5.74) is 0.572. The van der Waals surface area contributed by atoms with E-state index < -0.39 is 23.8 Å². The van der Waals surface area contributed by atoms with Gasteiger partial charge < -0.3 is 24.2 Å². The maximum Gasteiger partial charge on any atom is 0.339 e. The summed E-state index contributed by atoms with van der Waals surface area (Å²) in [6.45, 7) is 2.07. The van der Waals surface area contributed by atoms with Gasteiger partial charge in [0.1, 0.15) is 5.76 Å². The number of hydrogen-bond donors (Lipinski definition) is 1. The minimum atomic E-state index is -0.663. The number of methoxy groups -OCH3 is 2. The molecule has 1 N–H and O–H groups in total. The lowest BCUT2D eigenvalue weighted by Crippen LogP contribution is -2.54. The molecule has 1 aromatic heterocycles. The van der Waals surface area contributed by atoms with Gasteiger partial charge in [-0.1, -0.05) is 5.16 Å². The number of benzene rings is 1. The van der Waals surface area contributed by atoms with E-state index in [1.807, 2.05) is 0 Å². The van der Waals surface area contributed by atoms with Crippen LogP contribution in [0.2, 0.25) is 0 Å². The average Bonchev–Trinajstić information content (AvgIpc) is 3.11. The summed E-state index contributed by atoms with van der Waals surface area (Å²) in [6, 6.07) is 5.64. The van der Waals surface area contributed by atoms with Crippen molar-refractivity contribution in [3.05, 3.63) is 46.8 Å². The van der Waals surface area contributed by atoms with Crippen molar-refractivity contribution in [2.45, 2.75) is 6.92 Å². The number of amides is 2. The molecular weight excluding hydrogens is 382 g/mol. The molecule has 0 atom stereocenters. The van der Waals surface area contributed by atoms with Crippen molar-refractivity contribution in [1.82, 2.24) is 10.1 Å². The number of ether oxygens (including phenoxy) is 2. The maximum atomic E-state index is 12.6. The number of rotatable bonds is 5. The molecule has 0 unspecified atom stereocenters. The van der Waals surface area contributed by atoms with E-state index >= 15 is 0 Å². The average molecular weight is 401 g/mol. The summed E-state index contributed by atoms with van der Waals surface area (Å²) in [7, 11) is 2.44. The number of hydrogen-bond acceptors (Lipinski definition) is 8. The van der Waals surface area contributed by atoms with Gasteiger partial charge in [-0.2, -0.15) is 0 Å². The van der Waals surface area contributed by atoms with Crippen molar-refractivity contribution in [3.8, 4) is 0 Å². The highest BCUT2D eigenvalue weighted by molar-refractivity contribution is 6.04. The lowest BCUT2D eigenvalue weighted by Gasteiger charge is -2.37. The third-order valence-electron chi connectivity index (χ3n) is 4.49. The molecule has 1 saturated heterocycles. The van der Waals surface area contributed by atoms with E-state index in [1.165, 1.54) is 43.4 Å². The molecule has 3 rings (SSSR count). The SMILES string of the molecule is COC(=O)c1ccc(C(=O)OC)c(NC(=O)C2CN(C(=O)c3cc(C)on3)C2)c1. The summed E-state index contributed by atoms with van der Waals surface area (Å²) in [5, 5.41) is 6.30. The Labute approximate surface area is 165 Å². The molecular formula is C19H19N3O7. The molecule has 29 heavy (non-hydrogen) atoms. The summed E-state index contributed by atoms with van der Waals surface area (Å²) in [5.74, 6) is -1.95. The van der Waals surface area contributed by atoms with Gasteiger partial charge in [-0.25, -0.2) is 9.59 Å². The molecule has 2 heterocycles. The van der Waals surface area contributed by atoms with E-state index in [-0.39, 0.29) is 41.5 Å². The molecule has 0 spiro atoms. The number of aromatic nitrogens is 1. The number of nitrogens with one attached hydrogen (secondary N) is 1. The fourth-order valence-corrected chi connectivity index (χ4v) is 2.85. The standard InChI is InChI=1S/C19H19N3O7/c1-10-6-15(21-29-10)17(24)22-8-12(9-22)16(23)20-14-7-11(18(25)27-2)4-5-13(14)19(26)28-3/h4-7,12H,8-9H2,1-3H3,(H,20,23). The lowest BCUT2D eigenvalue weighted by atomic mass is 9.98. The van der Waals surface area contributed by atoms with Crippen LogP contribution in [-0.4, -0.2) is 61.1 Å². The molecule has 1 aromatic carbocycles. The second-order valence-corrected chi connectivity index (χ2v) is 6.46. The highest BCUT2D eigenvalue weighted by Crippen LogP contribution is 2.24. The topological polar surface area (TPSA) is 128 Å². The highest BCUT2D eigenvalue weighted by atomic mass is 16.5. The Morgan fingerprint density at radius 3 is 2.38 bits per heavy atom. The Hall–Kier alpha value is -3.69. The molecule has 1 aliphatic heterocycles. The number of esters is 2. The smallest absolute Gasteiger partial charge is 0.339 e. The van der Waals surface area contributed by atoms with Crippen LogP contribution in [-0.2, 0) is 14.3 Å². The molecule has 2 aromatic rings. The van der Waals surface area contributed by atoms with Gasteiger partial charge in [0.05, 0.1) is 37.0 Å². The summed E-state index contributed by atoms with van der Waals surface area (Å²) < 4.78 is 14.3. The molecule has 0 aliphatic carbocycles. The Balaban J connectivity index is 1.69. The van der Waals surface area contributed by atoms with Crippen LogP contribution in [0.3, 0.4) is 0 Å². The molecule has 0 saturated carbocycles. The molecule has 0 radical (unpaired) electrons. The van der Waals surface area contributed by atoms with E-state index in [2.05, 4.69) is 15.2 Å². The van der Waals surface area contributed by atoms with Crippen LogP contribution in [0.1, 0.15) is 37.0 Å². The Kier molecular flexibility index (Phi) is 5.62. The minimum absolute atomic E-state index is 0.0961. The van der Waals surface area contributed by atoms with Gasteiger partial charge in [-0.05, 0) is 25.1 Å². The molecule has 2 amide bonds. The van der Waals surface area contributed by atoms with E-state index in [4.69, 9.17) is 9.26 Å². The zero-order chi connectivity index (χ0) is 21.1. The predicted molar refractivity (Wildman–Crippen MR) is 98.4 cm³/mol. The summed E-state index contributed by atoms with van der Waals surface area (Å²) in [6.07, 6.45) is 0. The predicted octanol–water partition coefficient (Wildman–Crippen LogP) is 1.27. The van der Waals surface area contributed by atoms with Crippen LogP contribution in [0.15, 0.2) is 28.8 Å². The van der Waals surface area contributed by atoms with Crippen LogP contribution >= 0.6 is 0 Å². The number of aryl methyl sites for hydroxylation is 1. The van der Waals surface area contributed by atoms with Crippen molar-refractivity contribution in [3.63, 3.8) is 0 Å². The Morgan fingerprint density at radius 2 is 1.79 bits per heavy atom. The van der Waals surface area contributed by atoms with Crippen molar-refractivity contribution in [2.75, 3.05) is 32.6 Å². The van der Waals surface area contributed by atoms with E-state index in [0.717, 1.165) is 0 Å². The van der Waals surface area contributed by atoms with Gasteiger partial charge in [-0.3, -0.25) is 9.59 Å². The first-order valence-corrected chi connectivity index (χ1v) is 8.68. The Bertz CT molecular complexity index is 976. The van der Waals surface area contributed by atoms with Gasteiger partial charge in [-0.15, -0.1) is 0 Å². The zero-order valence-electron chi connectivity index (χ0n) is 16.1. The quantitative estimate of drug-likeness (QED) is 0.742. The summed E-state index contributed by atoms with van der Waals surface area (Å²) >= 11 is 0. The fraction of sp³-hybridized carbons (Fsp3) is 0.316. The third-order valence-corrected chi connectivity index (χ3v) is 4.49. The fourth-order valence-electron chi connectivity index (χ4n) is 2.85. The summed E-state index contributed by atoms with van der Waals surface area (Å²) in [4.78, 5) is 50.0. The van der Waals surface area contributed by atoms with E-state index in [9.17, 15) is 19.2 Å². The van der Waals surface area contributed by atoms with Crippen LogP contribution < -0.4 is 5.32 Å². The molecule has 152 valence electrons. The third kappa shape index (κ3) is 4.10. The van der Waals surface area contributed by atoms with Gasteiger partial charge >= 0.3 is 11.9 Å². The highest BCUT2D eigenvalue weighted by Gasteiger charge is 2.37. The monoisotopic (exact) mass is 401 g/mol. The first-order valence-electron chi connectivity index (χ1n) is 8.68. The number of nitrogens with zero attached hydrogens (tertiary/aromatic N) is 2. The van der Waals surface area contributed by atoms with Gasteiger partial charge in [0.2, 0.25) is 5.91 Å². The number of carbonyl (C=O) groups excluding carboxylic acids is 4. The van der Waals surface area contributed by atoms with Crippen LogP contribution in [0.25, 0.3) is 0 Å². The van der Waals surface area contributed by atoms with Gasteiger partial charge in [0, 0.05) is 19.2 Å². The maximum absolute atomic E-state index is 12.6. The minimum Gasteiger partial charge on any atom is -0.465 e. The molecule has 10 nitrogen and oxygen atoms in total. The molecule has 1 fully saturated rings. The van der Waals surface area contributed by atoms with E-state index in [1.54, 1.807) is 6.92 Å². The van der Waals surface area contributed by atoms with Crippen LogP contribution in [0.5, 0.6) is 0 Å². The first kappa shape index (κ1) is 20.1. The largest absolute Gasteiger partial charge is 0.465 e. The van der Waals surface area contributed by atoms with Gasteiger partial charge in [0.15, 0.2) is 5.69 Å². The van der Waals surface area contributed by atoms with E-state index in [0.29, 0.717) is 5.76 Å². The molecule has 0 bridgehead atoms. The second kappa shape index (κ2) is 8.13. The molecule has 1 aliphatic rings. The van der Waals surface area contributed by atoms with Crippen molar-refractivity contribution in [2.24, 2.45) is 5.92 Å². The van der Waals surface area contributed by atoms with Crippen molar-refractivity contribution in [1.29, 1.82) is 0 Å². The number of carbonyl (C=O) groups is 4. The first-order chi connectivity index (χ1) is 13.8. The van der Waals surface area contributed by atoms with Gasteiger partial charge in [0.25, 0.3) is 5.91 Å². The number of anilines is 1. The van der Waals surface area contributed by atoms with Crippen LogP contribution in [0, 0.1) is 12.8 Å². The lowest BCUT2D eigenvalue weighted by molar-refractivity contribution is -0.123. The van der Waals surface area contributed by atoms with Crippen molar-refractivity contribution >= 4 is 29.4 Å². The van der Waals surface area contributed by atoms with Crippen LogP contribution in [0.4, 0.5) is 5.69 Å². The Morgan fingerprint density at radius 1 is 1.10 bits per heavy atom. The second-order valence-electron chi connectivity index (χ2n) is 6.46. The normalized spacial score (nSPS) is 13.4. The molecule has 10 heteroatoms. The zero-order valence-corrected chi connectivity index (χ0v) is 16.1. The number of likely N-dealkylation sites (tertiary alicyclic amines) is 1. The van der Waals surface area contributed by atoms with Crippen molar-refractivity contribution < 1.29 is 33.2 Å².